The number of hydrogen-bond acceptors (Lipinski definition) is 3. The van der Waals surface area contributed by atoms with Crippen LogP contribution in [0.4, 0.5) is 0 Å². The summed E-state index contributed by atoms with van der Waals surface area (Å²) in [6.07, 6.45) is 5.15. The summed E-state index contributed by atoms with van der Waals surface area (Å²) < 4.78 is 11.3. The van der Waals surface area contributed by atoms with E-state index in [0.29, 0.717) is 17.9 Å². The molecule has 2 aliphatic heterocycles. The van der Waals surface area contributed by atoms with Crippen LogP contribution in [0.15, 0.2) is 0 Å². The molecule has 2 unspecified atom stereocenters. The van der Waals surface area contributed by atoms with Gasteiger partial charge in [0.05, 0.1) is 6.10 Å². The monoisotopic (exact) mass is 199 g/mol. The molecule has 0 aromatic rings. The van der Waals surface area contributed by atoms with E-state index in [0.717, 1.165) is 39.2 Å². The maximum atomic E-state index is 5.89. The molecule has 2 N–H and O–H groups in total. The zero-order chi connectivity index (χ0) is 9.80. The Hall–Kier alpha value is -0.120. The third-order valence-electron chi connectivity index (χ3n) is 3.53. The molecular weight excluding hydrogens is 178 g/mol. The first kappa shape index (κ1) is 10.4. The van der Waals surface area contributed by atoms with Gasteiger partial charge in [0.1, 0.15) is 0 Å². The van der Waals surface area contributed by atoms with Crippen molar-refractivity contribution in [2.24, 2.45) is 17.6 Å². The maximum Gasteiger partial charge on any atom is 0.0645 e. The number of rotatable bonds is 2. The van der Waals surface area contributed by atoms with Crippen molar-refractivity contribution in [2.75, 3.05) is 26.4 Å². The van der Waals surface area contributed by atoms with Gasteiger partial charge in [-0.2, -0.15) is 0 Å². The largest absolute Gasteiger partial charge is 0.381 e. The van der Waals surface area contributed by atoms with Gasteiger partial charge in [0.2, 0.25) is 0 Å². The van der Waals surface area contributed by atoms with E-state index in [9.17, 15) is 0 Å². The topological polar surface area (TPSA) is 44.5 Å². The van der Waals surface area contributed by atoms with Crippen LogP contribution in [0.2, 0.25) is 0 Å². The van der Waals surface area contributed by atoms with Crippen molar-refractivity contribution in [3.63, 3.8) is 0 Å². The van der Waals surface area contributed by atoms with Gasteiger partial charge >= 0.3 is 0 Å². The predicted octanol–water partition coefficient (Wildman–Crippen LogP) is 1.17. The quantitative estimate of drug-likeness (QED) is 0.726. The van der Waals surface area contributed by atoms with Crippen LogP contribution >= 0.6 is 0 Å². The summed E-state index contributed by atoms with van der Waals surface area (Å²) in [7, 11) is 0. The van der Waals surface area contributed by atoms with Gasteiger partial charge < -0.3 is 15.2 Å². The van der Waals surface area contributed by atoms with E-state index >= 15 is 0 Å². The summed E-state index contributed by atoms with van der Waals surface area (Å²) in [4.78, 5) is 0. The van der Waals surface area contributed by atoms with Crippen LogP contribution in [0, 0.1) is 11.8 Å². The Morgan fingerprint density at radius 1 is 1.07 bits per heavy atom. The van der Waals surface area contributed by atoms with Crippen LogP contribution in [0.25, 0.3) is 0 Å². The van der Waals surface area contributed by atoms with Gasteiger partial charge in [-0.15, -0.1) is 0 Å². The van der Waals surface area contributed by atoms with Crippen LogP contribution < -0.4 is 5.73 Å². The van der Waals surface area contributed by atoms with Gasteiger partial charge in [-0.3, -0.25) is 0 Å². The SMILES string of the molecule is NCC1CCCOC1C1CCOCC1. The molecule has 0 radical (unpaired) electrons. The molecule has 2 rings (SSSR count). The third kappa shape index (κ3) is 2.27. The highest BCUT2D eigenvalue weighted by Gasteiger charge is 2.32. The fraction of sp³-hybridized carbons (Fsp3) is 1.00. The molecular formula is C11H21NO2. The Morgan fingerprint density at radius 2 is 1.86 bits per heavy atom. The van der Waals surface area contributed by atoms with E-state index in [-0.39, 0.29) is 0 Å². The van der Waals surface area contributed by atoms with Gasteiger partial charge in [0.15, 0.2) is 0 Å². The normalized spacial score (nSPS) is 35.8. The van der Waals surface area contributed by atoms with Gasteiger partial charge in [-0.1, -0.05) is 0 Å². The summed E-state index contributed by atoms with van der Waals surface area (Å²) in [6, 6.07) is 0. The molecule has 3 nitrogen and oxygen atoms in total. The minimum Gasteiger partial charge on any atom is -0.381 e. The molecule has 0 aromatic carbocycles. The lowest BCUT2D eigenvalue weighted by Crippen LogP contribution is -2.41. The van der Waals surface area contributed by atoms with E-state index in [1.54, 1.807) is 0 Å². The molecule has 2 atom stereocenters. The Balaban J connectivity index is 1.91. The lowest BCUT2D eigenvalue weighted by atomic mass is 9.82. The summed E-state index contributed by atoms with van der Waals surface area (Å²) in [6.45, 7) is 3.52. The lowest BCUT2D eigenvalue weighted by Gasteiger charge is -2.38. The highest BCUT2D eigenvalue weighted by atomic mass is 16.5. The second kappa shape index (κ2) is 5.10. The fourth-order valence-corrected chi connectivity index (χ4v) is 2.68. The molecule has 82 valence electrons. The van der Waals surface area contributed by atoms with E-state index in [1.165, 1.54) is 12.8 Å². The molecule has 2 fully saturated rings. The average molecular weight is 199 g/mol. The van der Waals surface area contributed by atoms with Crippen LogP contribution in [0.5, 0.6) is 0 Å². The molecule has 14 heavy (non-hydrogen) atoms. The summed E-state index contributed by atoms with van der Waals surface area (Å²) in [5.41, 5.74) is 5.79. The molecule has 2 saturated heterocycles. The fourth-order valence-electron chi connectivity index (χ4n) is 2.68. The van der Waals surface area contributed by atoms with Crippen LogP contribution in [0.3, 0.4) is 0 Å². The van der Waals surface area contributed by atoms with Crippen molar-refractivity contribution >= 4 is 0 Å². The first-order chi connectivity index (χ1) is 6.92. The zero-order valence-corrected chi connectivity index (χ0v) is 8.78. The predicted molar refractivity (Wildman–Crippen MR) is 55.1 cm³/mol. The van der Waals surface area contributed by atoms with E-state index < -0.39 is 0 Å². The summed E-state index contributed by atoms with van der Waals surface area (Å²) in [5, 5.41) is 0. The number of nitrogens with two attached hydrogens (primary N) is 1. The molecule has 0 bridgehead atoms. The van der Waals surface area contributed by atoms with Gasteiger partial charge in [0.25, 0.3) is 0 Å². The molecule has 3 heteroatoms. The number of hydrogen-bond donors (Lipinski definition) is 1. The average Bonchev–Trinajstić information content (AvgIpc) is 2.30. The van der Waals surface area contributed by atoms with E-state index in [4.69, 9.17) is 15.2 Å². The molecule has 0 amide bonds. The first-order valence-corrected chi connectivity index (χ1v) is 5.81. The minimum absolute atomic E-state index is 0.414. The van der Waals surface area contributed by atoms with Crippen molar-refractivity contribution in [1.82, 2.24) is 0 Å². The highest BCUT2D eigenvalue weighted by molar-refractivity contribution is 4.82. The standard InChI is InChI=1S/C11H21NO2/c12-8-10-2-1-5-14-11(10)9-3-6-13-7-4-9/h9-11H,1-8,12H2. The van der Waals surface area contributed by atoms with Gasteiger partial charge in [-0.25, -0.2) is 0 Å². The van der Waals surface area contributed by atoms with Crippen molar-refractivity contribution in [3.8, 4) is 0 Å². The second-order valence-electron chi connectivity index (χ2n) is 4.42. The lowest BCUT2D eigenvalue weighted by molar-refractivity contribution is -0.0841. The Kier molecular flexibility index (Phi) is 3.79. The van der Waals surface area contributed by atoms with Crippen molar-refractivity contribution < 1.29 is 9.47 Å². The van der Waals surface area contributed by atoms with Crippen LogP contribution in [-0.4, -0.2) is 32.5 Å². The molecule has 0 spiro atoms. The maximum absolute atomic E-state index is 5.89. The smallest absolute Gasteiger partial charge is 0.0645 e. The van der Waals surface area contributed by atoms with Gasteiger partial charge in [-0.05, 0) is 44.1 Å². The molecule has 0 aromatic heterocycles. The molecule has 2 heterocycles. The van der Waals surface area contributed by atoms with E-state index in [2.05, 4.69) is 0 Å². The van der Waals surface area contributed by atoms with Crippen LogP contribution in [0.1, 0.15) is 25.7 Å². The van der Waals surface area contributed by atoms with E-state index in [1.807, 2.05) is 0 Å². The highest BCUT2D eigenvalue weighted by Crippen LogP contribution is 2.31. The molecule has 0 saturated carbocycles. The van der Waals surface area contributed by atoms with Crippen molar-refractivity contribution in [3.05, 3.63) is 0 Å². The van der Waals surface area contributed by atoms with Crippen molar-refractivity contribution in [1.29, 1.82) is 0 Å². The van der Waals surface area contributed by atoms with Gasteiger partial charge in [0, 0.05) is 19.8 Å². The first-order valence-electron chi connectivity index (χ1n) is 5.81. The number of ether oxygens (including phenoxy) is 2. The molecule has 2 aliphatic rings. The zero-order valence-electron chi connectivity index (χ0n) is 8.78. The minimum atomic E-state index is 0.414. The summed E-state index contributed by atoms with van der Waals surface area (Å²) >= 11 is 0. The van der Waals surface area contributed by atoms with Crippen LogP contribution in [-0.2, 0) is 9.47 Å². The third-order valence-corrected chi connectivity index (χ3v) is 3.53. The summed E-state index contributed by atoms with van der Waals surface area (Å²) in [5.74, 6) is 1.28. The Labute approximate surface area is 85.9 Å². The Bertz CT molecular complexity index is 169. The Morgan fingerprint density at radius 3 is 2.57 bits per heavy atom. The van der Waals surface area contributed by atoms with Crippen molar-refractivity contribution in [2.45, 2.75) is 31.8 Å². The molecule has 0 aliphatic carbocycles. The second-order valence-corrected chi connectivity index (χ2v) is 4.42.